The Morgan fingerprint density at radius 1 is 1.20 bits per heavy atom. The lowest BCUT2D eigenvalue weighted by molar-refractivity contribution is 0.626. The Labute approximate surface area is 125 Å². The van der Waals surface area contributed by atoms with Crippen LogP contribution in [0.15, 0.2) is 39.9 Å². The van der Waals surface area contributed by atoms with E-state index in [1.807, 2.05) is 12.1 Å². The van der Waals surface area contributed by atoms with Crippen molar-refractivity contribution in [2.24, 2.45) is 0 Å². The largest absolute Gasteiger partial charge is 0.370 e. The van der Waals surface area contributed by atoms with Crippen LogP contribution < -0.4 is 10.5 Å². The van der Waals surface area contributed by atoms with Gasteiger partial charge in [0.05, 0.1) is 24.1 Å². The molecular weight excluding hydrogens is 320 g/mol. The Kier molecular flexibility index (Phi) is 3.82. The molecule has 5 nitrogen and oxygen atoms in total. The van der Waals surface area contributed by atoms with Gasteiger partial charge in [0.2, 0.25) is 0 Å². The number of hydrogen-bond donors (Lipinski definition) is 0. The van der Waals surface area contributed by atoms with Gasteiger partial charge in [-0.2, -0.15) is 5.10 Å². The number of nitrogens with zero attached hydrogens (tertiary/aromatic N) is 4. The second-order valence-corrected chi connectivity index (χ2v) is 5.79. The van der Waals surface area contributed by atoms with Crippen LogP contribution in [0.1, 0.15) is 18.5 Å². The summed E-state index contributed by atoms with van der Waals surface area (Å²) in [4.78, 5) is 18.6. The molecule has 6 heteroatoms. The van der Waals surface area contributed by atoms with Crippen LogP contribution in [0.4, 0.5) is 5.69 Å². The molecule has 0 saturated carbocycles. The zero-order valence-electron chi connectivity index (χ0n) is 11.0. The van der Waals surface area contributed by atoms with Crippen molar-refractivity contribution in [1.82, 2.24) is 14.8 Å². The summed E-state index contributed by atoms with van der Waals surface area (Å²) in [5.74, 6) is 0. The summed E-state index contributed by atoms with van der Waals surface area (Å²) >= 11 is 3.34. The average molecular weight is 335 g/mol. The maximum absolute atomic E-state index is 12.1. The van der Waals surface area contributed by atoms with E-state index in [1.54, 1.807) is 18.5 Å². The Hall–Kier alpha value is -1.69. The highest BCUT2D eigenvalue weighted by Crippen LogP contribution is 2.16. The first-order valence-corrected chi connectivity index (χ1v) is 7.44. The monoisotopic (exact) mass is 334 g/mol. The van der Waals surface area contributed by atoms with Gasteiger partial charge in [0, 0.05) is 29.8 Å². The fourth-order valence-electron chi connectivity index (χ4n) is 2.34. The first-order valence-electron chi connectivity index (χ1n) is 6.65. The molecule has 3 heterocycles. The van der Waals surface area contributed by atoms with E-state index in [-0.39, 0.29) is 5.56 Å². The summed E-state index contributed by atoms with van der Waals surface area (Å²) in [6.45, 7) is 2.42. The van der Waals surface area contributed by atoms with Crippen molar-refractivity contribution < 1.29 is 0 Å². The van der Waals surface area contributed by atoms with Gasteiger partial charge in [0.15, 0.2) is 0 Å². The molecule has 0 aliphatic carbocycles. The molecule has 20 heavy (non-hydrogen) atoms. The molecule has 104 valence electrons. The second kappa shape index (κ2) is 5.75. The predicted octanol–water partition coefficient (Wildman–Crippen LogP) is 2.05. The zero-order valence-corrected chi connectivity index (χ0v) is 12.6. The summed E-state index contributed by atoms with van der Waals surface area (Å²) in [5.41, 5.74) is 1.66. The molecule has 0 atom stereocenters. The maximum atomic E-state index is 12.1. The van der Waals surface area contributed by atoms with Crippen molar-refractivity contribution in [2.75, 3.05) is 18.0 Å². The van der Waals surface area contributed by atoms with Gasteiger partial charge in [-0.15, -0.1) is 0 Å². The van der Waals surface area contributed by atoms with Crippen LogP contribution in [0.25, 0.3) is 0 Å². The molecule has 0 aromatic carbocycles. The van der Waals surface area contributed by atoms with E-state index in [9.17, 15) is 4.79 Å². The molecule has 2 aromatic rings. The van der Waals surface area contributed by atoms with Crippen LogP contribution in [-0.4, -0.2) is 27.9 Å². The molecule has 0 spiro atoms. The van der Waals surface area contributed by atoms with Gasteiger partial charge in [-0.05, 0) is 40.9 Å². The molecular formula is C14H15BrN4O. The Morgan fingerprint density at radius 3 is 2.65 bits per heavy atom. The maximum Gasteiger partial charge on any atom is 0.269 e. The van der Waals surface area contributed by atoms with Crippen molar-refractivity contribution in [3.8, 4) is 0 Å². The van der Waals surface area contributed by atoms with Gasteiger partial charge >= 0.3 is 0 Å². The smallest absolute Gasteiger partial charge is 0.269 e. The normalized spacial score (nSPS) is 14.8. The molecule has 1 aliphatic heterocycles. The highest BCUT2D eigenvalue weighted by Gasteiger charge is 2.13. The first kappa shape index (κ1) is 13.3. The minimum absolute atomic E-state index is 0.0841. The number of anilines is 1. The van der Waals surface area contributed by atoms with Gasteiger partial charge in [-0.3, -0.25) is 9.78 Å². The number of halogens is 1. The average Bonchev–Trinajstić information content (AvgIpc) is 2.97. The summed E-state index contributed by atoms with van der Waals surface area (Å²) in [6.07, 6.45) is 5.86. The van der Waals surface area contributed by atoms with Crippen molar-refractivity contribution in [3.63, 3.8) is 0 Å². The third-order valence-corrected chi connectivity index (χ3v) is 3.90. The Balaban J connectivity index is 1.80. The summed E-state index contributed by atoms with van der Waals surface area (Å²) in [7, 11) is 0. The number of hydrogen-bond acceptors (Lipinski definition) is 4. The first-order chi connectivity index (χ1) is 9.72. The van der Waals surface area contributed by atoms with Crippen molar-refractivity contribution in [1.29, 1.82) is 0 Å². The van der Waals surface area contributed by atoms with E-state index in [0.29, 0.717) is 6.54 Å². The zero-order chi connectivity index (χ0) is 13.9. The Morgan fingerprint density at radius 2 is 2.00 bits per heavy atom. The molecule has 0 radical (unpaired) electrons. The van der Waals surface area contributed by atoms with E-state index in [1.165, 1.54) is 17.5 Å². The molecule has 3 rings (SSSR count). The van der Waals surface area contributed by atoms with Crippen LogP contribution in [0.2, 0.25) is 0 Å². The summed E-state index contributed by atoms with van der Waals surface area (Å²) < 4.78 is 2.36. The molecule has 0 bridgehead atoms. The van der Waals surface area contributed by atoms with Crippen LogP contribution in [-0.2, 0) is 6.54 Å². The van der Waals surface area contributed by atoms with Gasteiger partial charge in [0.1, 0.15) is 0 Å². The van der Waals surface area contributed by atoms with E-state index in [0.717, 1.165) is 28.9 Å². The SMILES string of the molecule is O=c1cc(N2CCCC2)cnn1Cc1ccc(Br)cn1. The van der Waals surface area contributed by atoms with E-state index < -0.39 is 0 Å². The third-order valence-electron chi connectivity index (χ3n) is 3.43. The molecule has 1 aliphatic rings. The van der Waals surface area contributed by atoms with Gasteiger partial charge < -0.3 is 4.90 Å². The standard InChI is InChI=1S/C14H15BrN4O/c15-11-3-4-12(16-8-11)10-19-14(20)7-13(9-17-19)18-5-1-2-6-18/h3-4,7-9H,1-2,5-6,10H2. The summed E-state index contributed by atoms with van der Waals surface area (Å²) in [6, 6.07) is 5.45. The molecule has 2 aromatic heterocycles. The molecule has 0 amide bonds. The van der Waals surface area contributed by atoms with Crippen molar-refractivity contribution in [3.05, 3.63) is 51.1 Å². The lowest BCUT2D eigenvalue weighted by atomic mass is 10.3. The lowest BCUT2D eigenvalue weighted by Crippen LogP contribution is -2.26. The van der Waals surface area contributed by atoms with Crippen molar-refractivity contribution in [2.45, 2.75) is 19.4 Å². The van der Waals surface area contributed by atoms with Crippen LogP contribution in [0.5, 0.6) is 0 Å². The Bertz CT molecular complexity index is 647. The highest BCUT2D eigenvalue weighted by atomic mass is 79.9. The number of rotatable bonds is 3. The predicted molar refractivity (Wildman–Crippen MR) is 81.0 cm³/mol. The molecule has 1 saturated heterocycles. The highest BCUT2D eigenvalue weighted by molar-refractivity contribution is 9.10. The number of pyridine rings is 1. The quantitative estimate of drug-likeness (QED) is 0.862. The molecule has 0 unspecified atom stereocenters. The van der Waals surface area contributed by atoms with E-state index in [2.05, 4.69) is 30.9 Å². The summed E-state index contributed by atoms with van der Waals surface area (Å²) in [5, 5.41) is 4.25. The van der Waals surface area contributed by atoms with Crippen LogP contribution in [0, 0.1) is 0 Å². The van der Waals surface area contributed by atoms with Gasteiger partial charge in [-0.25, -0.2) is 4.68 Å². The topological polar surface area (TPSA) is 51.0 Å². The molecule has 0 N–H and O–H groups in total. The lowest BCUT2D eigenvalue weighted by Gasteiger charge is -2.17. The molecule has 1 fully saturated rings. The van der Waals surface area contributed by atoms with E-state index in [4.69, 9.17) is 0 Å². The minimum Gasteiger partial charge on any atom is -0.370 e. The van der Waals surface area contributed by atoms with Gasteiger partial charge in [-0.1, -0.05) is 0 Å². The van der Waals surface area contributed by atoms with Crippen LogP contribution in [0.3, 0.4) is 0 Å². The number of aromatic nitrogens is 3. The second-order valence-electron chi connectivity index (χ2n) is 4.87. The van der Waals surface area contributed by atoms with Crippen LogP contribution >= 0.6 is 15.9 Å². The minimum atomic E-state index is -0.0841. The van der Waals surface area contributed by atoms with E-state index >= 15 is 0 Å². The van der Waals surface area contributed by atoms with Crippen molar-refractivity contribution >= 4 is 21.6 Å². The van der Waals surface area contributed by atoms with Gasteiger partial charge in [0.25, 0.3) is 5.56 Å². The third kappa shape index (κ3) is 2.90. The fraction of sp³-hybridized carbons (Fsp3) is 0.357. The fourth-order valence-corrected chi connectivity index (χ4v) is 2.58.